The van der Waals surface area contributed by atoms with E-state index in [0.29, 0.717) is 5.02 Å². The van der Waals surface area contributed by atoms with E-state index in [1.165, 1.54) is 0 Å². The molecule has 2 aromatic rings. The zero-order valence-corrected chi connectivity index (χ0v) is 8.38. The van der Waals surface area contributed by atoms with Crippen molar-refractivity contribution in [1.29, 1.82) is 0 Å². The maximum absolute atomic E-state index is 9.27. The molecule has 1 heterocycles. The van der Waals surface area contributed by atoms with Crippen molar-refractivity contribution < 1.29 is 5.11 Å². The van der Waals surface area contributed by atoms with Crippen LogP contribution in [0.2, 0.25) is 5.02 Å². The van der Waals surface area contributed by atoms with Crippen molar-refractivity contribution in [3.05, 3.63) is 23.2 Å². The Kier molecular flexibility index (Phi) is 1.94. The fourth-order valence-corrected chi connectivity index (χ4v) is 2.52. The number of aromatic hydroxyl groups is 1. The quantitative estimate of drug-likeness (QED) is 0.646. The Hall–Kier alpha value is -0.380. The summed E-state index contributed by atoms with van der Waals surface area (Å²) >= 11 is 11.5. The van der Waals surface area contributed by atoms with Gasteiger partial charge < -0.3 is 5.11 Å². The van der Waals surface area contributed by atoms with Gasteiger partial charge >= 0.3 is 0 Å². The Morgan fingerprint density at radius 1 is 1.33 bits per heavy atom. The van der Waals surface area contributed by atoms with Crippen LogP contribution in [-0.4, -0.2) is 5.11 Å². The molecule has 0 saturated heterocycles. The normalized spacial score (nSPS) is 10.8. The number of phenols is 1. The summed E-state index contributed by atoms with van der Waals surface area (Å²) in [7, 11) is 0. The van der Waals surface area contributed by atoms with Gasteiger partial charge in [-0.2, -0.15) is 0 Å². The lowest BCUT2D eigenvalue weighted by Gasteiger charge is -1.94. The zero-order valence-electron chi connectivity index (χ0n) is 5.91. The standard InChI is InChI=1S/C8H5ClOS2/c9-5-3-7-4(1-6(5)10)2-8(11)12-7/h1-3,10-11H. The number of hydrogen-bond donors (Lipinski definition) is 2. The molecule has 0 fully saturated rings. The molecular formula is C8H5ClOS2. The highest BCUT2D eigenvalue weighted by molar-refractivity contribution is 7.83. The Balaban J connectivity index is 2.83. The SMILES string of the molecule is Oc1cc2cc(S)sc2cc1Cl. The van der Waals surface area contributed by atoms with Crippen LogP contribution in [-0.2, 0) is 0 Å². The van der Waals surface area contributed by atoms with Crippen molar-refractivity contribution in [2.75, 3.05) is 0 Å². The third kappa shape index (κ3) is 1.28. The van der Waals surface area contributed by atoms with Gasteiger partial charge in [0.1, 0.15) is 5.75 Å². The molecule has 0 saturated carbocycles. The topological polar surface area (TPSA) is 20.2 Å². The Labute approximate surface area is 84.0 Å². The van der Waals surface area contributed by atoms with Crippen molar-refractivity contribution in [3.8, 4) is 5.75 Å². The lowest BCUT2D eigenvalue weighted by Crippen LogP contribution is -1.66. The van der Waals surface area contributed by atoms with Crippen LogP contribution in [0.15, 0.2) is 22.4 Å². The average molecular weight is 217 g/mol. The van der Waals surface area contributed by atoms with Crippen LogP contribution in [0.4, 0.5) is 0 Å². The van der Waals surface area contributed by atoms with E-state index in [-0.39, 0.29) is 5.75 Å². The van der Waals surface area contributed by atoms with Crippen LogP contribution in [0, 0.1) is 0 Å². The number of fused-ring (bicyclic) bond motifs is 1. The van der Waals surface area contributed by atoms with Crippen molar-refractivity contribution in [1.82, 2.24) is 0 Å². The van der Waals surface area contributed by atoms with Gasteiger partial charge in [0.25, 0.3) is 0 Å². The summed E-state index contributed by atoms with van der Waals surface area (Å²) in [4.78, 5) is 0. The Morgan fingerprint density at radius 3 is 2.83 bits per heavy atom. The lowest BCUT2D eigenvalue weighted by atomic mass is 10.2. The first-order chi connectivity index (χ1) is 5.66. The first kappa shape index (κ1) is 8.23. The molecular weight excluding hydrogens is 212 g/mol. The summed E-state index contributed by atoms with van der Waals surface area (Å²) in [6.45, 7) is 0. The van der Waals surface area contributed by atoms with Crippen LogP contribution in [0.25, 0.3) is 10.1 Å². The van der Waals surface area contributed by atoms with Crippen LogP contribution < -0.4 is 0 Å². The van der Waals surface area contributed by atoms with E-state index < -0.39 is 0 Å². The second-order valence-corrected chi connectivity index (χ2v) is 4.70. The molecule has 0 unspecified atom stereocenters. The molecule has 0 radical (unpaired) electrons. The minimum Gasteiger partial charge on any atom is -0.506 e. The van der Waals surface area contributed by atoms with Crippen LogP contribution in [0.1, 0.15) is 0 Å². The van der Waals surface area contributed by atoms with E-state index >= 15 is 0 Å². The van der Waals surface area contributed by atoms with E-state index in [0.717, 1.165) is 14.3 Å². The maximum Gasteiger partial charge on any atom is 0.134 e. The van der Waals surface area contributed by atoms with Gasteiger partial charge in [-0.1, -0.05) is 11.6 Å². The molecule has 2 rings (SSSR count). The molecule has 1 aromatic heterocycles. The summed E-state index contributed by atoms with van der Waals surface area (Å²) in [6, 6.07) is 5.30. The molecule has 1 nitrogen and oxygen atoms in total. The molecule has 0 amide bonds. The van der Waals surface area contributed by atoms with E-state index in [9.17, 15) is 5.11 Å². The first-order valence-electron chi connectivity index (χ1n) is 3.28. The van der Waals surface area contributed by atoms with Crippen molar-refractivity contribution >= 4 is 45.7 Å². The molecule has 1 N–H and O–H groups in total. The highest BCUT2D eigenvalue weighted by Gasteiger charge is 2.03. The highest BCUT2D eigenvalue weighted by Crippen LogP contribution is 2.34. The molecule has 0 bridgehead atoms. The minimum absolute atomic E-state index is 0.121. The number of phenolic OH excluding ortho intramolecular Hbond substituents is 1. The molecule has 1 aromatic carbocycles. The number of benzene rings is 1. The van der Waals surface area contributed by atoms with Gasteiger partial charge in [0, 0.05) is 4.70 Å². The lowest BCUT2D eigenvalue weighted by molar-refractivity contribution is 0.476. The Bertz CT molecular complexity index is 397. The fourth-order valence-electron chi connectivity index (χ4n) is 1.04. The van der Waals surface area contributed by atoms with Crippen molar-refractivity contribution in [3.63, 3.8) is 0 Å². The van der Waals surface area contributed by atoms with Crippen LogP contribution in [0.5, 0.6) is 5.75 Å². The highest BCUT2D eigenvalue weighted by atomic mass is 35.5. The molecule has 0 aliphatic heterocycles. The largest absolute Gasteiger partial charge is 0.506 e. The maximum atomic E-state index is 9.27. The molecule has 0 spiro atoms. The first-order valence-corrected chi connectivity index (χ1v) is 4.92. The smallest absolute Gasteiger partial charge is 0.134 e. The summed E-state index contributed by atoms with van der Waals surface area (Å²) < 4.78 is 1.97. The monoisotopic (exact) mass is 216 g/mol. The van der Waals surface area contributed by atoms with E-state index in [1.807, 2.05) is 6.07 Å². The summed E-state index contributed by atoms with van der Waals surface area (Å²) in [5.74, 6) is 0.121. The number of thiophene rings is 1. The van der Waals surface area contributed by atoms with Crippen LogP contribution >= 0.6 is 35.6 Å². The average Bonchev–Trinajstić information content (AvgIpc) is 2.30. The molecule has 62 valence electrons. The van der Waals surface area contributed by atoms with Crippen molar-refractivity contribution in [2.45, 2.75) is 4.21 Å². The number of thiol groups is 1. The van der Waals surface area contributed by atoms with Gasteiger partial charge in [-0.3, -0.25) is 0 Å². The van der Waals surface area contributed by atoms with Gasteiger partial charge in [-0.25, -0.2) is 0 Å². The van der Waals surface area contributed by atoms with E-state index in [1.54, 1.807) is 23.5 Å². The summed E-state index contributed by atoms with van der Waals surface area (Å²) in [6.07, 6.45) is 0. The van der Waals surface area contributed by atoms with E-state index in [4.69, 9.17) is 11.6 Å². The fraction of sp³-hybridized carbons (Fsp3) is 0. The number of hydrogen-bond acceptors (Lipinski definition) is 3. The van der Waals surface area contributed by atoms with Crippen LogP contribution in [0.3, 0.4) is 0 Å². The third-order valence-corrected chi connectivity index (χ3v) is 3.18. The molecule has 12 heavy (non-hydrogen) atoms. The third-order valence-electron chi connectivity index (χ3n) is 1.57. The van der Waals surface area contributed by atoms with E-state index in [2.05, 4.69) is 12.6 Å². The second kappa shape index (κ2) is 2.83. The molecule has 4 heteroatoms. The Morgan fingerprint density at radius 2 is 2.08 bits per heavy atom. The molecule has 0 aliphatic rings. The van der Waals surface area contributed by atoms with Crippen molar-refractivity contribution in [2.24, 2.45) is 0 Å². The summed E-state index contributed by atoms with van der Waals surface area (Å²) in [5.41, 5.74) is 0. The minimum atomic E-state index is 0.121. The van der Waals surface area contributed by atoms with Gasteiger partial charge in [0.05, 0.1) is 9.23 Å². The number of rotatable bonds is 0. The van der Waals surface area contributed by atoms with Gasteiger partial charge in [0.2, 0.25) is 0 Å². The predicted octanol–water partition coefficient (Wildman–Crippen LogP) is 3.55. The van der Waals surface area contributed by atoms with Gasteiger partial charge in [-0.15, -0.1) is 24.0 Å². The van der Waals surface area contributed by atoms with Gasteiger partial charge in [0.15, 0.2) is 0 Å². The zero-order chi connectivity index (χ0) is 8.72. The predicted molar refractivity (Wildman–Crippen MR) is 55.8 cm³/mol. The number of halogens is 1. The second-order valence-electron chi connectivity index (χ2n) is 2.43. The molecule has 0 aliphatic carbocycles. The molecule has 0 atom stereocenters. The summed E-state index contributed by atoms with van der Waals surface area (Å²) in [5, 5.41) is 10.6. The van der Waals surface area contributed by atoms with Gasteiger partial charge in [-0.05, 0) is 23.6 Å².